The van der Waals surface area contributed by atoms with Gasteiger partial charge >= 0.3 is 0 Å². The summed E-state index contributed by atoms with van der Waals surface area (Å²) in [5.41, 5.74) is 1.53. The van der Waals surface area contributed by atoms with Crippen molar-refractivity contribution in [1.29, 1.82) is 0 Å². The van der Waals surface area contributed by atoms with E-state index in [4.69, 9.17) is 4.74 Å². The Labute approximate surface area is 176 Å². The lowest BCUT2D eigenvalue weighted by molar-refractivity contribution is 0.122. The zero-order chi connectivity index (χ0) is 18.2. The molecule has 2 N–H and O–H groups in total. The number of hydrogen-bond acceptors (Lipinski definition) is 3. The summed E-state index contributed by atoms with van der Waals surface area (Å²) >= 11 is 0. The standard InChI is InChI=1S/C19H26FN5O.HI/c1-21-19(22-6-9-24-7-2-3-8-24)23-15-16-4-5-18(17(20)14-16)25-10-12-26-13-11-25;/h2-5,7-8,14H,6,9-13,15H2,1H3,(H2,21,22,23);1H. The lowest BCUT2D eigenvalue weighted by atomic mass is 10.1. The van der Waals surface area contributed by atoms with Gasteiger partial charge in [0, 0.05) is 52.2 Å². The molecule has 0 aliphatic carbocycles. The second-order valence-corrected chi connectivity index (χ2v) is 6.16. The molecule has 2 aromatic rings. The number of hydrogen-bond donors (Lipinski definition) is 2. The van der Waals surface area contributed by atoms with Crippen LogP contribution in [0.2, 0.25) is 0 Å². The van der Waals surface area contributed by atoms with Crippen LogP contribution in [0.3, 0.4) is 0 Å². The number of guanidine groups is 1. The maximum atomic E-state index is 14.4. The maximum absolute atomic E-state index is 14.4. The van der Waals surface area contributed by atoms with Gasteiger partial charge < -0.3 is 24.8 Å². The second-order valence-electron chi connectivity index (χ2n) is 6.16. The lowest BCUT2D eigenvalue weighted by Gasteiger charge is -2.29. The van der Waals surface area contributed by atoms with Crippen molar-refractivity contribution in [3.05, 3.63) is 54.1 Å². The second kappa shape index (κ2) is 11.1. The van der Waals surface area contributed by atoms with E-state index in [1.165, 1.54) is 0 Å². The van der Waals surface area contributed by atoms with Crippen LogP contribution in [-0.2, 0) is 17.8 Å². The van der Waals surface area contributed by atoms with E-state index in [0.717, 1.165) is 31.7 Å². The molecule has 0 atom stereocenters. The largest absolute Gasteiger partial charge is 0.378 e. The van der Waals surface area contributed by atoms with Crippen molar-refractivity contribution in [1.82, 2.24) is 15.2 Å². The number of benzene rings is 1. The first-order chi connectivity index (χ1) is 12.8. The van der Waals surface area contributed by atoms with Gasteiger partial charge in [0.2, 0.25) is 0 Å². The molecule has 1 aliphatic rings. The number of aliphatic imine (C=N–C) groups is 1. The van der Waals surface area contributed by atoms with Gasteiger partial charge in [-0.1, -0.05) is 6.07 Å². The topological polar surface area (TPSA) is 53.8 Å². The monoisotopic (exact) mass is 487 g/mol. The number of anilines is 1. The number of morpholine rings is 1. The van der Waals surface area contributed by atoms with Gasteiger partial charge in [-0.15, -0.1) is 24.0 Å². The fourth-order valence-electron chi connectivity index (χ4n) is 2.95. The smallest absolute Gasteiger partial charge is 0.191 e. The molecule has 148 valence electrons. The van der Waals surface area contributed by atoms with E-state index in [1.54, 1.807) is 13.1 Å². The Hall–Kier alpha value is -1.81. The number of ether oxygens (including phenoxy) is 1. The molecule has 0 unspecified atom stereocenters. The molecule has 1 fully saturated rings. The van der Waals surface area contributed by atoms with Crippen molar-refractivity contribution in [3.63, 3.8) is 0 Å². The van der Waals surface area contributed by atoms with E-state index < -0.39 is 0 Å². The van der Waals surface area contributed by atoms with E-state index in [9.17, 15) is 4.39 Å². The summed E-state index contributed by atoms with van der Waals surface area (Å²) in [5, 5.41) is 6.48. The third-order valence-electron chi connectivity index (χ3n) is 4.38. The van der Waals surface area contributed by atoms with Gasteiger partial charge in [-0.2, -0.15) is 0 Å². The van der Waals surface area contributed by atoms with Crippen molar-refractivity contribution in [2.24, 2.45) is 4.99 Å². The Balaban J connectivity index is 0.00000261. The van der Waals surface area contributed by atoms with Gasteiger partial charge in [0.1, 0.15) is 5.82 Å². The molecule has 1 aliphatic heterocycles. The Bertz CT molecular complexity index is 717. The summed E-state index contributed by atoms with van der Waals surface area (Å²) in [6, 6.07) is 9.39. The molecular formula is C19H27FIN5O. The average molecular weight is 487 g/mol. The van der Waals surface area contributed by atoms with E-state index in [1.807, 2.05) is 41.6 Å². The first-order valence-corrected chi connectivity index (χ1v) is 8.92. The molecule has 2 heterocycles. The normalized spacial score (nSPS) is 14.6. The van der Waals surface area contributed by atoms with E-state index in [2.05, 4.69) is 20.2 Å². The molecule has 0 amide bonds. The highest BCUT2D eigenvalue weighted by Gasteiger charge is 2.15. The molecule has 1 aromatic carbocycles. The Morgan fingerprint density at radius 1 is 1.19 bits per heavy atom. The predicted octanol–water partition coefficient (Wildman–Crippen LogP) is 2.45. The van der Waals surface area contributed by atoms with Gasteiger partial charge in [0.05, 0.1) is 18.9 Å². The summed E-state index contributed by atoms with van der Waals surface area (Å²) in [6.45, 7) is 4.89. The van der Waals surface area contributed by atoms with Crippen LogP contribution in [0.5, 0.6) is 0 Å². The van der Waals surface area contributed by atoms with Crippen LogP contribution in [0.15, 0.2) is 47.7 Å². The molecule has 1 aromatic heterocycles. The number of halogens is 2. The highest BCUT2D eigenvalue weighted by Crippen LogP contribution is 2.21. The van der Waals surface area contributed by atoms with Crippen LogP contribution >= 0.6 is 24.0 Å². The number of nitrogens with zero attached hydrogens (tertiary/aromatic N) is 3. The van der Waals surface area contributed by atoms with Crippen molar-refractivity contribution in [2.45, 2.75) is 13.1 Å². The third kappa shape index (κ3) is 6.39. The average Bonchev–Trinajstić information content (AvgIpc) is 3.19. The van der Waals surface area contributed by atoms with E-state index in [-0.39, 0.29) is 29.8 Å². The van der Waals surface area contributed by atoms with Crippen LogP contribution < -0.4 is 15.5 Å². The summed E-state index contributed by atoms with van der Waals surface area (Å²) in [7, 11) is 1.73. The number of rotatable bonds is 6. The minimum atomic E-state index is -0.193. The quantitative estimate of drug-likeness (QED) is 0.374. The van der Waals surface area contributed by atoms with E-state index in [0.29, 0.717) is 31.4 Å². The first-order valence-electron chi connectivity index (χ1n) is 8.92. The van der Waals surface area contributed by atoms with Crippen molar-refractivity contribution < 1.29 is 9.13 Å². The fraction of sp³-hybridized carbons (Fsp3) is 0.421. The van der Waals surface area contributed by atoms with Crippen LogP contribution in [0, 0.1) is 5.82 Å². The number of nitrogens with one attached hydrogen (secondary N) is 2. The van der Waals surface area contributed by atoms with Crippen LogP contribution in [-0.4, -0.2) is 50.4 Å². The summed E-state index contributed by atoms with van der Waals surface area (Å²) in [6.07, 6.45) is 4.05. The van der Waals surface area contributed by atoms with Gasteiger partial charge in [-0.25, -0.2) is 4.39 Å². The van der Waals surface area contributed by atoms with Crippen LogP contribution in [0.25, 0.3) is 0 Å². The molecule has 0 bridgehead atoms. The SMILES string of the molecule is CN=C(NCCn1cccc1)NCc1ccc(N2CCOCC2)c(F)c1.I. The molecular weight excluding hydrogens is 460 g/mol. The van der Waals surface area contributed by atoms with Crippen LogP contribution in [0.4, 0.5) is 10.1 Å². The fourth-order valence-corrected chi connectivity index (χ4v) is 2.95. The van der Waals surface area contributed by atoms with Gasteiger partial charge in [-0.05, 0) is 29.8 Å². The third-order valence-corrected chi connectivity index (χ3v) is 4.38. The van der Waals surface area contributed by atoms with Gasteiger partial charge in [0.15, 0.2) is 5.96 Å². The van der Waals surface area contributed by atoms with Crippen molar-refractivity contribution in [3.8, 4) is 0 Å². The molecule has 0 spiro atoms. The molecule has 3 rings (SSSR count). The van der Waals surface area contributed by atoms with Crippen molar-refractivity contribution in [2.75, 3.05) is 44.8 Å². The maximum Gasteiger partial charge on any atom is 0.191 e. The predicted molar refractivity (Wildman–Crippen MR) is 117 cm³/mol. The Morgan fingerprint density at radius 2 is 1.93 bits per heavy atom. The van der Waals surface area contributed by atoms with Gasteiger partial charge in [0.25, 0.3) is 0 Å². The Kier molecular flexibility index (Phi) is 8.86. The highest BCUT2D eigenvalue weighted by atomic mass is 127. The summed E-state index contributed by atoms with van der Waals surface area (Å²) in [5.74, 6) is 0.511. The molecule has 8 heteroatoms. The zero-order valence-corrected chi connectivity index (χ0v) is 17.9. The lowest BCUT2D eigenvalue weighted by Crippen LogP contribution is -2.38. The van der Waals surface area contributed by atoms with Gasteiger partial charge in [-0.3, -0.25) is 4.99 Å². The molecule has 27 heavy (non-hydrogen) atoms. The van der Waals surface area contributed by atoms with E-state index >= 15 is 0 Å². The molecule has 6 nitrogen and oxygen atoms in total. The summed E-state index contributed by atoms with van der Waals surface area (Å²) in [4.78, 5) is 6.23. The van der Waals surface area contributed by atoms with Crippen LogP contribution in [0.1, 0.15) is 5.56 Å². The van der Waals surface area contributed by atoms with Crippen molar-refractivity contribution >= 4 is 35.6 Å². The summed E-state index contributed by atoms with van der Waals surface area (Å²) < 4.78 is 21.9. The minimum absolute atomic E-state index is 0. The highest BCUT2D eigenvalue weighted by molar-refractivity contribution is 14.0. The first kappa shape index (κ1) is 21.5. The Morgan fingerprint density at radius 3 is 2.59 bits per heavy atom. The number of aromatic nitrogens is 1. The molecule has 1 saturated heterocycles. The molecule has 0 radical (unpaired) electrons. The molecule has 0 saturated carbocycles. The zero-order valence-electron chi connectivity index (χ0n) is 15.5. The minimum Gasteiger partial charge on any atom is -0.378 e.